The number of ether oxygens (including phenoxy) is 2. The molecule has 5 rings (SSSR count). The first-order chi connectivity index (χ1) is 16.9. The van der Waals surface area contributed by atoms with Crippen LogP contribution in [0, 0.1) is 6.92 Å². The third-order valence-electron chi connectivity index (χ3n) is 5.62. The van der Waals surface area contributed by atoms with Gasteiger partial charge < -0.3 is 9.47 Å². The number of benzene rings is 1. The Morgan fingerprint density at radius 1 is 1.23 bits per heavy atom. The Kier molecular flexibility index (Phi) is 6.38. The lowest BCUT2D eigenvalue weighted by Crippen LogP contribution is -2.19. The molecule has 1 aromatic carbocycles. The number of aryl methyl sites for hydroxylation is 1. The molecule has 3 aromatic heterocycles. The van der Waals surface area contributed by atoms with Crippen molar-refractivity contribution in [3.8, 4) is 22.7 Å². The molecule has 10 heteroatoms. The van der Waals surface area contributed by atoms with Crippen molar-refractivity contribution >= 4 is 34.0 Å². The fourth-order valence-electron chi connectivity index (χ4n) is 3.88. The number of anilines is 1. The molecule has 178 valence electrons. The van der Waals surface area contributed by atoms with Gasteiger partial charge in [0, 0.05) is 41.0 Å². The maximum atomic E-state index is 13.4. The minimum absolute atomic E-state index is 0.228. The predicted octanol–water partition coefficient (Wildman–Crippen LogP) is 4.65. The van der Waals surface area contributed by atoms with Crippen molar-refractivity contribution in [1.82, 2.24) is 14.5 Å². The highest BCUT2D eigenvalue weighted by atomic mass is 35.5. The zero-order valence-corrected chi connectivity index (χ0v) is 20.6. The van der Waals surface area contributed by atoms with Gasteiger partial charge in [-0.1, -0.05) is 22.9 Å². The lowest BCUT2D eigenvalue weighted by molar-refractivity contribution is 0.102. The van der Waals surface area contributed by atoms with Crippen LogP contribution in [-0.4, -0.2) is 34.2 Å². The highest BCUT2D eigenvalue weighted by Gasteiger charge is 2.22. The first-order valence-electron chi connectivity index (χ1n) is 10.8. The Hall–Kier alpha value is -3.53. The van der Waals surface area contributed by atoms with Gasteiger partial charge in [0.25, 0.3) is 11.5 Å². The number of fused-ring (bicyclic) bond motifs is 1. The SMILES string of the molecule is COc1ccc(Cl)cc1-c1cc(-n2ccc(C)cc2=O)ncc1C(=O)Nc1nc2c(s1)COCC2. The number of hydrogen-bond donors (Lipinski definition) is 1. The number of halogens is 1. The van der Waals surface area contributed by atoms with Crippen LogP contribution in [0.15, 0.2) is 53.6 Å². The molecule has 1 aliphatic rings. The Balaban J connectivity index is 1.61. The number of carbonyl (C=O) groups is 1. The average Bonchev–Trinajstić information content (AvgIpc) is 3.26. The fraction of sp³-hybridized carbons (Fsp3) is 0.200. The van der Waals surface area contributed by atoms with Gasteiger partial charge in [0.1, 0.15) is 11.6 Å². The molecule has 1 amide bonds. The van der Waals surface area contributed by atoms with Crippen molar-refractivity contribution in [1.29, 1.82) is 0 Å². The summed E-state index contributed by atoms with van der Waals surface area (Å²) < 4.78 is 12.4. The van der Waals surface area contributed by atoms with Gasteiger partial charge in [0.2, 0.25) is 0 Å². The zero-order valence-electron chi connectivity index (χ0n) is 19.0. The number of hydrogen-bond acceptors (Lipinski definition) is 7. The molecule has 0 saturated heterocycles. The van der Waals surface area contributed by atoms with Gasteiger partial charge >= 0.3 is 0 Å². The van der Waals surface area contributed by atoms with E-state index in [1.54, 1.807) is 37.6 Å². The molecule has 4 heterocycles. The Morgan fingerprint density at radius 2 is 2.09 bits per heavy atom. The Labute approximate surface area is 210 Å². The number of nitrogens with one attached hydrogen (secondary N) is 1. The molecule has 8 nitrogen and oxygen atoms in total. The number of carbonyl (C=O) groups excluding carboxylic acids is 1. The van der Waals surface area contributed by atoms with Gasteiger partial charge in [-0.2, -0.15) is 0 Å². The highest BCUT2D eigenvalue weighted by Crippen LogP contribution is 2.36. The summed E-state index contributed by atoms with van der Waals surface area (Å²) in [6, 6.07) is 10.2. The van der Waals surface area contributed by atoms with Gasteiger partial charge in [-0.25, -0.2) is 9.97 Å². The molecule has 4 aromatic rings. The molecular formula is C25H21ClN4O4S. The van der Waals surface area contributed by atoms with Crippen LogP contribution in [0.5, 0.6) is 5.75 Å². The van der Waals surface area contributed by atoms with Crippen LogP contribution in [0.25, 0.3) is 16.9 Å². The normalized spacial score (nSPS) is 12.8. The lowest BCUT2D eigenvalue weighted by Gasteiger charge is -2.15. The summed E-state index contributed by atoms with van der Waals surface area (Å²) in [5.41, 5.74) is 2.97. The van der Waals surface area contributed by atoms with E-state index < -0.39 is 0 Å². The van der Waals surface area contributed by atoms with E-state index in [2.05, 4.69) is 15.3 Å². The number of methoxy groups -OCH3 is 1. The van der Waals surface area contributed by atoms with Crippen molar-refractivity contribution in [3.63, 3.8) is 0 Å². The van der Waals surface area contributed by atoms with Crippen LogP contribution in [0.1, 0.15) is 26.5 Å². The molecule has 0 unspecified atom stereocenters. The number of rotatable bonds is 5. The van der Waals surface area contributed by atoms with Crippen molar-refractivity contribution in [3.05, 3.63) is 85.9 Å². The lowest BCUT2D eigenvalue weighted by atomic mass is 9.99. The first-order valence-corrected chi connectivity index (χ1v) is 12.0. The Bertz CT molecular complexity index is 1470. The highest BCUT2D eigenvalue weighted by molar-refractivity contribution is 7.15. The number of pyridine rings is 2. The number of thiazole rings is 1. The van der Waals surface area contributed by atoms with E-state index in [0.29, 0.717) is 58.0 Å². The van der Waals surface area contributed by atoms with E-state index in [1.807, 2.05) is 13.0 Å². The second-order valence-corrected chi connectivity index (χ2v) is 9.51. The molecule has 0 bridgehead atoms. The van der Waals surface area contributed by atoms with Gasteiger partial charge in [-0.15, -0.1) is 0 Å². The van der Waals surface area contributed by atoms with Crippen LogP contribution in [0.4, 0.5) is 5.13 Å². The summed E-state index contributed by atoms with van der Waals surface area (Å²) in [5.74, 6) is 0.508. The summed E-state index contributed by atoms with van der Waals surface area (Å²) in [6.07, 6.45) is 3.82. The maximum Gasteiger partial charge on any atom is 0.259 e. The summed E-state index contributed by atoms with van der Waals surface area (Å²) in [4.78, 5) is 36.0. The molecule has 0 radical (unpaired) electrons. The van der Waals surface area contributed by atoms with Crippen molar-refractivity contribution in [2.75, 3.05) is 19.0 Å². The number of nitrogens with zero attached hydrogens (tertiary/aromatic N) is 3. The fourth-order valence-corrected chi connectivity index (χ4v) is 4.99. The predicted molar refractivity (Wildman–Crippen MR) is 135 cm³/mol. The Morgan fingerprint density at radius 3 is 2.86 bits per heavy atom. The third kappa shape index (κ3) is 4.70. The third-order valence-corrected chi connectivity index (χ3v) is 6.84. The molecule has 0 fully saturated rings. The van der Waals surface area contributed by atoms with Crippen LogP contribution >= 0.6 is 22.9 Å². The largest absolute Gasteiger partial charge is 0.496 e. The van der Waals surface area contributed by atoms with E-state index in [9.17, 15) is 9.59 Å². The molecule has 0 spiro atoms. The minimum Gasteiger partial charge on any atom is -0.496 e. The summed E-state index contributed by atoms with van der Waals surface area (Å²) in [6.45, 7) is 2.96. The van der Waals surface area contributed by atoms with Gasteiger partial charge in [0.05, 0.1) is 36.5 Å². The molecule has 1 N–H and O–H groups in total. The molecule has 0 saturated carbocycles. The van der Waals surface area contributed by atoms with E-state index >= 15 is 0 Å². The topological polar surface area (TPSA) is 95.3 Å². The van der Waals surface area contributed by atoms with Crippen molar-refractivity contribution in [2.24, 2.45) is 0 Å². The summed E-state index contributed by atoms with van der Waals surface area (Å²) >= 11 is 7.69. The summed E-state index contributed by atoms with van der Waals surface area (Å²) in [5, 5.41) is 3.86. The van der Waals surface area contributed by atoms with E-state index in [1.165, 1.54) is 28.2 Å². The van der Waals surface area contributed by atoms with Crippen LogP contribution in [-0.2, 0) is 17.8 Å². The van der Waals surface area contributed by atoms with Gasteiger partial charge in [0.15, 0.2) is 5.13 Å². The second kappa shape index (κ2) is 9.61. The van der Waals surface area contributed by atoms with E-state index in [0.717, 1.165) is 16.1 Å². The number of aromatic nitrogens is 3. The smallest absolute Gasteiger partial charge is 0.259 e. The molecular weight excluding hydrogens is 488 g/mol. The van der Waals surface area contributed by atoms with Crippen LogP contribution in [0.3, 0.4) is 0 Å². The van der Waals surface area contributed by atoms with Gasteiger partial charge in [-0.3, -0.25) is 19.5 Å². The monoisotopic (exact) mass is 508 g/mol. The molecule has 0 aliphatic carbocycles. The number of amides is 1. The minimum atomic E-state index is -0.385. The summed E-state index contributed by atoms with van der Waals surface area (Å²) in [7, 11) is 1.54. The average molecular weight is 509 g/mol. The zero-order chi connectivity index (χ0) is 24.5. The second-order valence-electron chi connectivity index (χ2n) is 7.99. The maximum absolute atomic E-state index is 13.4. The first kappa shape index (κ1) is 23.2. The standard InChI is InChI=1S/C25H21ClN4O4S/c1-14-5-7-30(23(31)9-14)22-11-16(17-10-15(26)3-4-20(17)33-2)18(12-27-22)24(32)29-25-28-19-6-8-34-13-21(19)35-25/h3-5,7,9-12H,6,8,13H2,1-2H3,(H,28,29,32). The molecule has 35 heavy (non-hydrogen) atoms. The van der Waals surface area contributed by atoms with Crippen LogP contribution < -0.4 is 15.6 Å². The van der Waals surface area contributed by atoms with Crippen molar-refractivity contribution in [2.45, 2.75) is 20.0 Å². The van der Waals surface area contributed by atoms with Crippen molar-refractivity contribution < 1.29 is 14.3 Å². The van der Waals surface area contributed by atoms with E-state index in [4.69, 9.17) is 21.1 Å². The molecule has 0 atom stereocenters. The van der Waals surface area contributed by atoms with Gasteiger partial charge in [-0.05, 0) is 42.8 Å². The molecule has 1 aliphatic heterocycles. The van der Waals surface area contributed by atoms with E-state index in [-0.39, 0.29) is 11.5 Å². The quantitative estimate of drug-likeness (QED) is 0.421. The van der Waals surface area contributed by atoms with Crippen LogP contribution in [0.2, 0.25) is 5.02 Å².